The zero-order valence-corrected chi connectivity index (χ0v) is 26.8. The fourth-order valence-corrected chi connectivity index (χ4v) is 7.66. The van der Waals surface area contributed by atoms with Crippen LogP contribution in [0.1, 0.15) is 17.5 Å². The Kier molecular flexibility index (Phi) is 6.31. The number of rotatable bonds is 4. The first-order chi connectivity index (χ1) is 24.3. The third kappa shape index (κ3) is 4.58. The van der Waals surface area contributed by atoms with E-state index in [0.29, 0.717) is 5.82 Å². The third-order valence-electron chi connectivity index (χ3n) is 10.0. The van der Waals surface area contributed by atoms with Gasteiger partial charge in [-0.15, -0.1) is 0 Å². The fraction of sp³-hybridized carbons (Fsp3) is 0.0435. The highest BCUT2D eigenvalue weighted by molar-refractivity contribution is 6.21. The molecule has 0 saturated carbocycles. The highest BCUT2D eigenvalue weighted by Gasteiger charge is 2.17. The van der Waals surface area contributed by atoms with E-state index in [9.17, 15) is 0 Å². The van der Waals surface area contributed by atoms with Crippen molar-refractivity contribution in [3.8, 4) is 39.5 Å². The van der Waals surface area contributed by atoms with E-state index >= 15 is 0 Å². The molecule has 0 atom stereocenters. The van der Waals surface area contributed by atoms with Crippen molar-refractivity contribution >= 4 is 49.6 Å². The van der Waals surface area contributed by atoms with Crippen LogP contribution in [-0.2, 0) is 6.42 Å². The van der Waals surface area contributed by atoms with E-state index in [0.717, 1.165) is 46.3 Å². The van der Waals surface area contributed by atoms with Crippen molar-refractivity contribution in [3.05, 3.63) is 169 Å². The summed E-state index contributed by atoms with van der Waals surface area (Å²) < 4.78 is 2.37. The van der Waals surface area contributed by atoms with E-state index in [-0.39, 0.29) is 0 Å². The molecule has 0 saturated heterocycles. The molecule has 49 heavy (non-hydrogen) atoms. The number of allylic oxidation sites excluding steroid dienone is 1. The molecule has 0 aliphatic heterocycles. The molecule has 0 bridgehead atoms. The van der Waals surface area contributed by atoms with Crippen molar-refractivity contribution in [2.24, 2.45) is 0 Å². The summed E-state index contributed by atoms with van der Waals surface area (Å²) in [6, 6.07) is 54.5. The molecule has 1 aliphatic rings. The highest BCUT2D eigenvalue weighted by Crippen LogP contribution is 2.38. The SMILES string of the molecule is C1=Cc2ccc(-c3ccc(-c4nc(-c5cccc(-n6c7ccccc7c7c8ccccc8ccc76)c5)nc5ccccc45)cc3)cc2CC1. The van der Waals surface area contributed by atoms with Crippen LogP contribution in [0.25, 0.3) is 89.0 Å². The Morgan fingerprint density at radius 2 is 1.29 bits per heavy atom. The first-order valence-electron chi connectivity index (χ1n) is 17.0. The quantitative estimate of drug-likeness (QED) is 0.195. The Morgan fingerprint density at radius 1 is 0.510 bits per heavy atom. The zero-order chi connectivity index (χ0) is 32.3. The molecule has 0 radical (unpaired) electrons. The van der Waals surface area contributed by atoms with E-state index in [1.165, 1.54) is 54.8 Å². The number of benzene rings is 7. The molecule has 0 unspecified atom stereocenters. The van der Waals surface area contributed by atoms with Crippen LogP contribution < -0.4 is 0 Å². The normalized spacial score (nSPS) is 12.7. The van der Waals surface area contributed by atoms with Crippen LogP contribution in [0.3, 0.4) is 0 Å². The molecule has 2 heterocycles. The molecular weight excluding hydrogens is 595 g/mol. The summed E-state index contributed by atoms with van der Waals surface area (Å²) in [5, 5.41) is 6.09. The molecule has 0 fully saturated rings. The van der Waals surface area contributed by atoms with Crippen molar-refractivity contribution in [1.82, 2.24) is 14.5 Å². The van der Waals surface area contributed by atoms with Crippen LogP contribution in [0.5, 0.6) is 0 Å². The molecule has 3 nitrogen and oxygen atoms in total. The van der Waals surface area contributed by atoms with Crippen molar-refractivity contribution in [1.29, 1.82) is 0 Å². The van der Waals surface area contributed by atoms with E-state index < -0.39 is 0 Å². The van der Waals surface area contributed by atoms with E-state index in [1.807, 2.05) is 0 Å². The highest BCUT2D eigenvalue weighted by atomic mass is 15.0. The molecule has 7 aromatic carbocycles. The molecule has 230 valence electrons. The third-order valence-corrected chi connectivity index (χ3v) is 10.0. The number of fused-ring (bicyclic) bond motifs is 7. The molecule has 9 aromatic rings. The summed E-state index contributed by atoms with van der Waals surface area (Å²) in [4.78, 5) is 10.4. The Labute approximate surface area is 284 Å². The van der Waals surface area contributed by atoms with Crippen LogP contribution in [0.2, 0.25) is 0 Å². The van der Waals surface area contributed by atoms with Gasteiger partial charge >= 0.3 is 0 Å². The van der Waals surface area contributed by atoms with E-state index in [4.69, 9.17) is 9.97 Å². The minimum absolute atomic E-state index is 0.716. The van der Waals surface area contributed by atoms with E-state index in [1.54, 1.807) is 0 Å². The van der Waals surface area contributed by atoms with Gasteiger partial charge in [0, 0.05) is 33.0 Å². The van der Waals surface area contributed by atoms with Crippen LogP contribution >= 0.6 is 0 Å². The maximum Gasteiger partial charge on any atom is 0.160 e. The number of nitrogens with zero attached hydrogens (tertiary/aromatic N) is 3. The van der Waals surface area contributed by atoms with Gasteiger partial charge in [0.25, 0.3) is 0 Å². The average Bonchev–Trinajstić information content (AvgIpc) is 3.52. The van der Waals surface area contributed by atoms with Crippen LogP contribution in [0.4, 0.5) is 0 Å². The summed E-state index contributed by atoms with van der Waals surface area (Å²) in [6.45, 7) is 0. The minimum Gasteiger partial charge on any atom is -0.309 e. The Morgan fingerprint density at radius 3 is 2.20 bits per heavy atom. The van der Waals surface area contributed by atoms with Gasteiger partial charge in [0.2, 0.25) is 0 Å². The first-order valence-corrected chi connectivity index (χ1v) is 17.0. The molecule has 10 rings (SSSR count). The van der Waals surface area contributed by atoms with E-state index in [2.05, 4.69) is 168 Å². The molecule has 0 spiro atoms. The summed E-state index contributed by atoms with van der Waals surface area (Å²) in [6.07, 6.45) is 6.71. The molecule has 0 N–H and O–H groups in total. The summed E-state index contributed by atoms with van der Waals surface area (Å²) in [7, 11) is 0. The standard InChI is InChI=1S/C46H31N3/c1-2-12-34-28-35(25-22-30(34)10-1)31-20-23-33(24-21-31)45-39-16-5-7-18-41(39)47-46(48-45)36-13-9-14-37(29-36)49-42-19-8-6-17-40(42)44-38-15-4-3-11-32(38)26-27-43(44)49/h1,3-11,13-29H,2,12H2. The topological polar surface area (TPSA) is 30.7 Å². The van der Waals surface area contributed by atoms with Crippen LogP contribution in [0, 0.1) is 0 Å². The molecule has 3 heteroatoms. The Bertz CT molecular complexity index is 2770. The number of aromatic nitrogens is 3. The van der Waals surface area contributed by atoms with Gasteiger partial charge in [-0.3, -0.25) is 0 Å². The second-order valence-corrected chi connectivity index (χ2v) is 12.9. The second-order valence-electron chi connectivity index (χ2n) is 12.9. The number of aryl methyl sites for hydroxylation is 1. The molecular formula is C46H31N3. The van der Waals surface area contributed by atoms with Gasteiger partial charge in [0.1, 0.15) is 0 Å². The fourth-order valence-electron chi connectivity index (χ4n) is 7.66. The average molecular weight is 626 g/mol. The lowest BCUT2D eigenvalue weighted by Crippen LogP contribution is -1.98. The smallest absolute Gasteiger partial charge is 0.160 e. The summed E-state index contributed by atoms with van der Waals surface area (Å²) in [5.74, 6) is 0.716. The lowest BCUT2D eigenvalue weighted by molar-refractivity contribution is 0.986. The van der Waals surface area contributed by atoms with Crippen molar-refractivity contribution in [3.63, 3.8) is 0 Å². The Hall–Kier alpha value is -6.32. The first kappa shape index (κ1) is 27.8. The van der Waals surface area contributed by atoms with Gasteiger partial charge < -0.3 is 4.57 Å². The number of hydrogen-bond acceptors (Lipinski definition) is 2. The lowest BCUT2D eigenvalue weighted by atomic mass is 9.93. The van der Waals surface area contributed by atoms with Gasteiger partial charge in [-0.25, -0.2) is 9.97 Å². The minimum atomic E-state index is 0.716. The molecule has 0 amide bonds. The zero-order valence-electron chi connectivity index (χ0n) is 26.8. The van der Waals surface area contributed by atoms with Crippen molar-refractivity contribution in [2.75, 3.05) is 0 Å². The number of para-hydroxylation sites is 2. The summed E-state index contributed by atoms with van der Waals surface area (Å²) >= 11 is 0. The maximum atomic E-state index is 5.26. The van der Waals surface area contributed by atoms with Gasteiger partial charge in [-0.1, -0.05) is 133 Å². The molecule has 1 aliphatic carbocycles. The molecule has 2 aromatic heterocycles. The second kappa shape index (κ2) is 11.1. The van der Waals surface area contributed by atoms with Gasteiger partial charge in [-0.2, -0.15) is 0 Å². The maximum absolute atomic E-state index is 5.26. The predicted molar refractivity (Wildman–Crippen MR) is 205 cm³/mol. The van der Waals surface area contributed by atoms with Gasteiger partial charge in [0.15, 0.2) is 5.82 Å². The Balaban J connectivity index is 1.10. The van der Waals surface area contributed by atoms with Crippen LogP contribution in [0.15, 0.2) is 158 Å². The van der Waals surface area contributed by atoms with Gasteiger partial charge in [0.05, 0.1) is 22.2 Å². The lowest BCUT2D eigenvalue weighted by Gasteiger charge is -2.13. The number of hydrogen-bond donors (Lipinski definition) is 0. The van der Waals surface area contributed by atoms with Gasteiger partial charge in [-0.05, 0) is 76.2 Å². The predicted octanol–water partition coefficient (Wildman–Crippen LogP) is 11.8. The van der Waals surface area contributed by atoms with Crippen LogP contribution in [-0.4, -0.2) is 14.5 Å². The summed E-state index contributed by atoms with van der Waals surface area (Å²) in [5.41, 5.74) is 12.6. The monoisotopic (exact) mass is 625 g/mol. The van der Waals surface area contributed by atoms with Crippen molar-refractivity contribution < 1.29 is 0 Å². The van der Waals surface area contributed by atoms with Crippen molar-refractivity contribution in [2.45, 2.75) is 12.8 Å². The largest absolute Gasteiger partial charge is 0.309 e.